The van der Waals surface area contributed by atoms with Gasteiger partial charge in [-0.05, 0) is 30.7 Å². The fourth-order valence-electron chi connectivity index (χ4n) is 1.71. The molecule has 1 aromatic carbocycles. The normalized spacial score (nSPS) is 11.6. The van der Waals surface area contributed by atoms with E-state index in [1.54, 1.807) is 17.0 Å². The van der Waals surface area contributed by atoms with Gasteiger partial charge in [-0.25, -0.2) is 4.98 Å². The molecular formula is C13H13F3N2OS. The largest absolute Gasteiger partial charge is 0.487 e. The number of aromatic nitrogens is 1. The summed E-state index contributed by atoms with van der Waals surface area (Å²) < 4.78 is 44.3. The minimum Gasteiger partial charge on any atom is -0.487 e. The molecule has 0 aliphatic heterocycles. The number of alkyl halides is 3. The maximum absolute atomic E-state index is 13.0. The highest BCUT2D eigenvalue weighted by atomic mass is 32.1. The molecule has 7 heteroatoms. The fourth-order valence-corrected chi connectivity index (χ4v) is 2.25. The third-order valence-electron chi connectivity index (χ3n) is 2.64. The zero-order valence-corrected chi connectivity index (χ0v) is 11.3. The van der Waals surface area contributed by atoms with Gasteiger partial charge in [0.2, 0.25) is 0 Å². The van der Waals surface area contributed by atoms with Gasteiger partial charge in [0.25, 0.3) is 0 Å². The first-order valence-corrected chi connectivity index (χ1v) is 6.85. The maximum Gasteiger partial charge on any atom is 0.419 e. The van der Waals surface area contributed by atoms with Gasteiger partial charge in [0.1, 0.15) is 12.4 Å². The van der Waals surface area contributed by atoms with E-state index < -0.39 is 11.7 Å². The molecule has 0 aliphatic rings. The first-order chi connectivity index (χ1) is 9.50. The highest BCUT2D eigenvalue weighted by Crippen LogP contribution is 2.37. The lowest BCUT2D eigenvalue weighted by molar-refractivity contribution is -0.139. The minimum atomic E-state index is -4.46. The average Bonchev–Trinajstić information content (AvgIpc) is 2.89. The summed E-state index contributed by atoms with van der Waals surface area (Å²) in [4.78, 5) is 3.97. The first kappa shape index (κ1) is 14.8. The monoisotopic (exact) mass is 302 g/mol. The van der Waals surface area contributed by atoms with Crippen molar-refractivity contribution in [2.75, 3.05) is 6.54 Å². The minimum absolute atomic E-state index is 0.0167. The summed E-state index contributed by atoms with van der Waals surface area (Å²) in [5.41, 5.74) is 7.33. The second-order valence-electron chi connectivity index (χ2n) is 4.14. The van der Waals surface area contributed by atoms with Crippen LogP contribution in [-0.4, -0.2) is 11.5 Å². The zero-order chi connectivity index (χ0) is 14.6. The van der Waals surface area contributed by atoms with Crippen LogP contribution in [0.15, 0.2) is 29.1 Å². The quantitative estimate of drug-likeness (QED) is 0.922. The zero-order valence-electron chi connectivity index (χ0n) is 10.5. The molecule has 0 saturated carbocycles. The van der Waals surface area contributed by atoms with Gasteiger partial charge in [-0.15, -0.1) is 11.3 Å². The first-order valence-electron chi connectivity index (χ1n) is 5.91. The summed E-state index contributed by atoms with van der Waals surface area (Å²) in [7, 11) is 0. The van der Waals surface area contributed by atoms with Gasteiger partial charge in [-0.3, -0.25) is 0 Å². The lowest BCUT2D eigenvalue weighted by Crippen LogP contribution is -2.11. The summed E-state index contributed by atoms with van der Waals surface area (Å²) >= 11 is 1.37. The fraction of sp³-hybridized carbons (Fsp3) is 0.308. The van der Waals surface area contributed by atoms with E-state index in [1.165, 1.54) is 17.4 Å². The number of nitrogens with two attached hydrogens (primary N) is 1. The van der Waals surface area contributed by atoms with Gasteiger partial charge in [-0.1, -0.05) is 6.07 Å². The summed E-state index contributed by atoms with van der Waals surface area (Å²) in [6.07, 6.45) is -4.06. The van der Waals surface area contributed by atoms with Crippen molar-refractivity contribution in [1.82, 2.24) is 4.98 Å². The van der Waals surface area contributed by atoms with Crippen molar-refractivity contribution in [3.63, 3.8) is 0 Å². The molecule has 3 nitrogen and oxygen atoms in total. The molecule has 20 heavy (non-hydrogen) atoms. The van der Waals surface area contributed by atoms with Crippen molar-refractivity contribution in [3.8, 4) is 5.75 Å². The van der Waals surface area contributed by atoms with Crippen LogP contribution in [0.1, 0.15) is 16.8 Å². The summed E-state index contributed by atoms with van der Waals surface area (Å²) in [5, 5.41) is 1.73. The van der Waals surface area contributed by atoms with E-state index in [2.05, 4.69) is 4.98 Å². The van der Waals surface area contributed by atoms with E-state index in [4.69, 9.17) is 10.5 Å². The van der Waals surface area contributed by atoms with Crippen LogP contribution in [-0.2, 0) is 19.2 Å². The third-order valence-corrected chi connectivity index (χ3v) is 3.28. The van der Waals surface area contributed by atoms with Crippen LogP contribution in [0.5, 0.6) is 5.75 Å². The number of hydrogen-bond acceptors (Lipinski definition) is 4. The van der Waals surface area contributed by atoms with Crippen molar-refractivity contribution in [2.24, 2.45) is 5.73 Å². The lowest BCUT2D eigenvalue weighted by atomic mass is 10.1. The molecule has 2 aromatic rings. The van der Waals surface area contributed by atoms with Crippen LogP contribution >= 0.6 is 11.3 Å². The third kappa shape index (κ3) is 3.71. The second-order valence-corrected chi connectivity index (χ2v) is 4.85. The number of halogens is 3. The Kier molecular flexibility index (Phi) is 4.61. The van der Waals surface area contributed by atoms with Crippen molar-refractivity contribution >= 4 is 11.3 Å². The standard InChI is InChI=1S/C13H13F3N2OS/c14-13(15,16)11-5-9(3-4-17)1-2-12(11)19-6-10-7-20-8-18-10/h1-2,5,7-8H,3-4,6,17H2. The molecule has 0 unspecified atom stereocenters. The SMILES string of the molecule is NCCc1ccc(OCc2cscn2)c(C(F)(F)F)c1. The predicted molar refractivity (Wildman–Crippen MR) is 70.6 cm³/mol. The van der Waals surface area contributed by atoms with E-state index >= 15 is 0 Å². The van der Waals surface area contributed by atoms with Gasteiger partial charge < -0.3 is 10.5 Å². The molecule has 0 saturated heterocycles. The predicted octanol–water partition coefficient (Wildman–Crippen LogP) is 3.24. The van der Waals surface area contributed by atoms with Crippen molar-refractivity contribution < 1.29 is 17.9 Å². The molecule has 2 N–H and O–H groups in total. The van der Waals surface area contributed by atoms with Gasteiger partial charge in [0.05, 0.1) is 16.8 Å². The van der Waals surface area contributed by atoms with Crippen molar-refractivity contribution in [3.05, 3.63) is 45.9 Å². The average molecular weight is 302 g/mol. The Balaban J connectivity index is 2.22. The van der Waals surface area contributed by atoms with Crippen LogP contribution in [0.25, 0.3) is 0 Å². The smallest absolute Gasteiger partial charge is 0.419 e. The molecular weight excluding hydrogens is 289 g/mol. The van der Waals surface area contributed by atoms with Crippen molar-refractivity contribution in [2.45, 2.75) is 19.2 Å². The van der Waals surface area contributed by atoms with Crippen LogP contribution < -0.4 is 10.5 Å². The summed E-state index contributed by atoms with van der Waals surface area (Å²) in [5.74, 6) is -0.189. The van der Waals surface area contributed by atoms with Gasteiger partial charge >= 0.3 is 6.18 Å². The number of rotatable bonds is 5. The molecule has 2 rings (SSSR count). The Labute approximate surface area is 118 Å². The van der Waals surface area contributed by atoms with E-state index in [-0.39, 0.29) is 12.4 Å². The van der Waals surface area contributed by atoms with Crippen LogP contribution in [0.3, 0.4) is 0 Å². The molecule has 0 aliphatic carbocycles. The molecule has 0 amide bonds. The van der Waals surface area contributed by atoms with E-state index in [0.717, 1.165) is 6.07 Å². The molecule has 0 atom stereocenters. The Hall–Kier alpha value is -1.60. The van der Waals surface area contributed by atoms with Crippen LogP contribution in [0.4, 0.5) is 13.2 Å². The van der Waals surface area contributed by atoms with Crippen molar-refractivity contribution in [1.29, 1.82) is 0 Å². The maximum atomic E-state index is 13.0. The molecule has 1 heterocycles. The number of hydrogen-bond donors (Lipinski definition) is 1. The number of thiazole rings is 1. The molecule has 1 aromatic heterocycles. The lowest BCUT2D eigenvalue weighted by Gasteiger charge is -2.14. The van der Waals surface area contributed by atoms with E-state index in [0.29, 0.717) is 24.2 Å². The molecule has 108 valence electrons. The van der Waals surface area contributed by atoms with Gasteiger partial charge in [0.15, 0.2) is 0 Å². The van der Waals surface area contributed by atoms with Gasteiger partial charge in [-0.2, -0.15) is 13.2 Å². The Morgan fingerprint density at radius 1 is 1.30 bits per heavy atom. The van der Waals surface area contributed by atoms with E-state index in [9.17, 15) is 13.2 Å². The number of nitrogens with zero attached hydrogens (tertiary/aromatic N) is 1. The van der Waals surface area contributed by atoms with E-state index in [1.807, 2.05) is 0 Å². The number of benzene rings is 1. The second kappa shape index (κ2) is 6.23. The Bertz CT molecular complexity index is 555. The van der Waals surface area contributed by atoms with Crippen LogP contribution in [0, 0.1) is 0 Å². The summed E-state index contributed by atoms with van der Waals surface area (Å²) in [6, 6.07) is 4.02. The molecule has 0 radical (unpaired) electrons. The van der Waals surface area contributed by atoms with Gasteiger partial charge in [0, 0.05) is 5.38 Å². The molecule has 0 bridgehead atoms. The molecule has 0 spiro atoms. The number of ether oxygens (including phenoxy) is 1. The van der Waals surface area contributed by atoms with Crippen LogP contribution in [0.2, 0.25) is 0 Å². The molecule has 0 fully saturated rings. The topological polar surface area (TPSA) is 48.1 Å². The highest BCUT2D eigenvalue weighted by Gasteiger charge is 2.34. The summed E-state index contributed by atoms with van der Waals surface area (Å²) in [6.45, 7) is 0.319. The highest BCUT2D eigenvalue weighted by molar-refractivity contribution is 7.07. The Morgan fingerprint density at radius 3 is 2.70 bits per heavy atom. The Morgan fingerprint density at radius 2 is 2.10 bits per heavy atom.